The van der Waals surface area contributed by atoms with E-state index in [-0.39, 0.29) is 5.97 Å². The Labute approximate surface area is 98.2 Å². The molecule has 0 saturated heterocycles. The van der Waals surface area contributed by atoms with Gasteiger partial charge in [0, 0.05) is 18.8 Å². The van der Waals surface area contributed by atoms with Crippen molar-refractivity contribution < 1.29 is 9.53 Å². The van der Waals surface area contributed by atoms with Crippen LogP contribution >= 0.6 is 0 Å². The van der Waals surface area contributed by atoms with Crippen LogP contribution in [0.15, 0.2) is 12.3 Å². The highest BCUT2D eigenvalue weighted by Gasteiger charge is 2.17. The fourth-order valence-corrected chi connectivity index (χ4v) is 2.18. The van der Waals surface area contributed by atoms with Crippen molar-refractivity contribution in [2.75, 3.05) is 13.7 Å². The van der Waals surface area contributed by atoms with Crippen molar-refractivity contribution in [3.63, 3.8) is 0 Å². The molecule has 0 amide bonds. The molecule has 1 fully saturated rings. The van der Waals surface area contributed by atoms with Crippen molar-refractivity contribution in [2.45, 2.75) is 39.0 Å². The van der Waals surface area contributed by atoms with Crippen LogP contribution < -0.4 is 5.32 Å². The highest BCUT2D eigenvalue weighted by Crippen LogP contribution is 2.29. The Balaban J connectivity index is 2.03. The van der Waals surface area contributed by atoms with E-state index in [1.165, 1.54) is 45.3 Å². The lowest BCUT2D eigenvalue weighted by molar-refractivity contribution is -0.134. The Hall–Kier alpha value is -0.990. The highest BCUT2D eigenvalue weighted by molar-refractivity contribution is 5.81. The van der Waals surface area contributed by atoms with Gasteiger partial charge in [-0.2, -0.15) is 0 Å². The second-order valence-electron chi connectivity index (χ2n) is 4.73. The molecule has 0 atom stereocenters. The quantitative estimate of drug-likeness (QED) is 0.444. The Kier molecular flexibility index (Phi) is 5.98. The van der Waals surface area contributed by atoms with Crippen molar-refractivity contribution in [2.24, 2.45) is 11.8 Å². The first-order valence-electron chi connectivity index (χ1n) is 6.20. The molecule has 3 nitrogen and oxygen atoms in total. The van der Waals surface area contributed by atoms with Gasteiger partial charge in [-0.25, -0.2) is 4.79 Å². The average Bonchev–Trinajstić information content (AvgIpc) is 2.31. The van der Waals surface area contributed by atoms with Gasteiger partial charge >= 0.3 is 5.97 Å². The predicted octanol–water partition coefficient (Wildman–Crippen LogP) is 2.48. The lowest BCUT2D eigenvalue weighted by Crippen LogP contribution is -2.17. The Morgan fingerprint density at radius 2 is 2.06 bits per heavy atom. The molecule has 1 saturated carbocycles. The van der Waals surface area contributed by atoms with Crippen molar-refractivity contribution >= 4 is 5.97 Å². The van der Waals surface area contributed by atoms with Crippen LogP contribution in [-0.4, -0.2) is 19.6 Å². The van der Waals surface area contributed by atoms with Crippen LogP contribution in [0.4, 0.5) is 0 Å². The first kappa shape index (κ1) is 13.1. The third kappa shape index (κ3) is 5.19. The second-order valence-corrected chi connectivity index (χ2v) is 4.73. The summed E-state index contributed by atoms with van der Waals surface area (Å²) in [5.74, 6) is 1.48. The lowest BCUT2D eigenvalue weighted by atomic mass is 9.81. The van der Waals surface area contributed by atoms with E-state index in [0.717, 1.165) is 18.4 Å². The van der Waals surface area contributed by atoms with Gasteiger partial charge in [0.15, 0.2) is 0 Å². The fraction of sp³-hybridized carbons (Fsp3) is 0.769. The van der Waals surface area contributed by atoms with Gasteiger partial charge in [0.1, 0.15) is 0 Å². The first-order valence-corrected chi connectivity index (χ1v) is 6.20. The number of ether oxygens (including phenoxy) is 1. The van der Waals surface area contributed by atoms with E-state index in [1.807, 2.05) is 0 Å². The first-order chi connectivity index (χ1) is 7.72. The maximum atomic E-state index is 10.8. The summed E-state index contributed by atoms with van der Waals surface area (Å²) >= 11 is 0. The Morgan fingerprint density at radius 1 is 1.38 bits per heavy atom. The minimum absolute atomic E-state index is 0.306. The molecule has 3 heteroatoms. The van der Waals surface area contributed by atoms with Crippen LogP contribution in [0, 0.1) is 11.8 Å². The number of esters is 1. The summed E-state index contributed by atoms with van der Waals surface area (Å²) in [6.45, 7) is 3.29. The number of methoxy groups -OCH3 is 1. The van der Waals surface area contributed by atoms with Gasteiger partial charge in [0.05, 0.1) is 7.11 Å². The Morgan fingerprint density at radius 3 is 2.69 bits per heavy atom. The van der Waals surface area contributed by atoms with E-state index in [9.17, 15) is 4.79 Å². The van der Waals surface area contributed by atoms with Crippen LogP contribution in [0.2, 0.25) is 0 Å². The van der Waals surface area contributed by atoms with Crippen LogP contribution in [0.1, 0.15) is 39.0 Å². The summed E-state index contributed by atoms with van der Waals surface area (Å²) in [5.41, 5.74) is 0. The predicted molar refractivity (Wildman–Crippen MR) is 64.9 cm³/mol. The standard InChI is InChI=1S/C13H23NO2/c1-11-3-5-12(6-4-11)7-9-14-10-8-13(15)16-2/h8,10-12,14H,3-7,9H2,1-2H3/b10-8+. The minimum atomic E-state index is -0.306. The number of rotatable bonds is 5. The summed E-state index contributed by atoms with van der Waals surface area (Å²) < 4.78 is 4.49. The van der Waals surface area contributed by atoms with Gasteiger partial charge in [-0.05, 0) is 18.3 Å². The maximum absolute atomic E-state index is 10.8. The van der Waals surface area contributed by atoms with Crippen molar-refractivity contribution in [3.05, 3.63) is 12.3 Å². The number of hydrogen-bond donors (Lipinski definition) is 1. The van der Waals surface area contributed by atoms with Crippen molar-refractivity contribution in [1.29, 1.82) is 0 Å². The monoisotopic (exact) mass is 225 g/mol. The van der Waals surface area contributed by atoms with Crippen LogP contribution in [-0.2, 0) is 9.53 Å². The molecule has 0 unspecified atom stereocenters. The van der Waals surface area contributed by atoms with Crippen LogP contribution in [0.3, 0.4) is 0 Å². The average molecular weight is 225 g/mol. The third-order valence-corrected chi connectivity index (χ3v) is 3.37. The second kappa shape index (κ2) is 7.31. The van der Waals surface area contributed by atoms with Gasteiger partial charge in [-0.3, -0.25) is 0 Å². The lowest BCUT2D eigenvalue weighted by Gasteiger charge is -2.25. The van der Waals surface area contributed by atoms with Crippen molar-refractivity contribution in [3.8, 4) is 0 Å². The number of hydrogen-bond acceptors (Lipinski definition) is 3. The topological polar surface area (TPSA) is 38.3 Å². The SMILES string of the molecule is COC(=O)/C=C/NCCC1CCC(C)CC1. The molecule has 1 aliphatic carbocycles. The van der Waals surface area contributed by atoms with Gasteiger partial charge in [-0.15, -0.1) is 0 Å². The van der Waals surface area contributed by atoms with Crippen LogP contribution in [0.25, 0.3) is 0 Å². The molecule has 0 aliphatic heterocycles. The molecule has 0 aromatic heterocycles. The zero-order chi connectivity index (χ0) is 11.8. The molecule has 1 aliphatic rings. The molecule has 92 valence electrons. The molecule has 0 aromatic carbocycles. The summed E-state index contributed by atoms with van der Waals surface area (Å²) in [6, 6.07) is 0. The third-order valence-electron chi connectivity index (χ3n) is 3.37. The largest absolute Gasteiger partial charge is 0.466 e. The molecular weight excluding hydrogens is 202 g/mol. The van der Waals surface area contributed by atoms with E-state index >= 15 is 0 Å². The van der Waals surface area contributed by atoms with Gasteiger partial charge < -0.3 is 10.1 Å². The number of carbonyl (C=O) groups excluding carboxylic acids is 1. The molecule has 0 spiro atoms. The molecule has 1 N–H and O–H groups in total. The molecule has 0 bridgehead atoms. The van der Waals surface area contributed by atoms with E-state index in [4.69, 9.17) is 0 Å². The zero-order valence-corrected chi connectivity index (χ0v) is 10.4. The van der Waals surface area contributed by atoms with Crippen molar-refractivity contribution in [1.82, 2.24) is 5.32 Å². The smallest absolute Gasteiger partial charge is 0.331 e. The highest BCUT2D eigenvalue weighted by atomic mass is 16.5. The summed E-state index contributed by atoms with van der Waals surface area (Å²) in [6.07, 6.45) is 9.79. The number of nitrogens with one attached hydrogen (secondary N) is 1. The molecule has 1 rings (SSSR count). The molecule has 0 aromatic rings. The van der Waals surface area contributed by atoms with Gasteiger partial charge in [-0.1, -0.05) is 32.6 Å². The summed E-state index contributed by atoms with van der Waals surface area (Å²) in [4.78, 5) is 10.8. The fourth-order valence-electron chi connectivity index (χ4n) is 2.18. The Bertz CT molecular complexity index is 230. The number of carbonyl (C=O) groups is 1. The molecule has 16 heavy (non-hydrogen) atoms. The molecule has 0 heterocycles. The zero-order valence-electron chi connectivity index (χ0n) is 10.4. The van der Waals surface area contributed by atoms with E-state index in [0.29, 0.717) is 0 Å². The molecule has 0 radical (unpaired) electrons. The van der Waals surface area contributed by atoms with Gasteiger partial charge in [0.2, 0.25) is 0 Å². The van der Waals surface area contributed by atoms with E-state index in [2.05, 4.69) is 17.0 Å². The maximum Gasteiger partial charge on any atom is 0.331 e. The van der Waals surface area contributed by atoms with E-state index < -0.39 is 0 Å². The van der Waals surface area contributed by atoms with E-state index in [1.54, 1.807) is 6.20 Å². The summed E-state index contributed by atoms with van der Waals surface area (Å²) in [5, 5.41) is 3.13. The minimum Gasteiger partial charge on any atom is -0.466 e. The normalized spacial score (nSPS) is 25.6. The summed E-state index contributed by atoms with van der Waals surface area (Å²) in [7, 11) is 1.38. The molecular formula is C13H23NO2. The van der Waals surface area contributed by atoms with Gasteiger partial charge in [0.25, 0.3) is 0 Å². The van der Waals surface area contributed by atoms with Crippen LogP contribution in [0.5, 0.6) is 0 Å².